The predicted octanol–water partition coefficient (Wildman–Crippen LogP) is 4.38. The minimum Gasteiger partial charge on any atom is -0.502 e. The molecule has 3 atom stereocenters. The van der Waals surface area contributed by atoms with E-state index in [4.69, 9.17) is 0 Å². The Morgan fingerprint density at radius 3 is 2.61 bits per heavy atom. The van der Waals surface area contributed by atoms with E-state index in [1.165, 1.54) is 17.2 Å². The number of nitrogens with zero attached hydrogens (tertiary/aromatic N) is 3. The monoisotopic (exact) mass is 527 g/mol. The van der Waals surface area contributed by atoms with Crippen LogP contribution in [0.4, 0.5) is 0 Å². The number of rotatable bonds is 4. The number of carbonyl (C=O) groups excluding carboxylic acids is 1. The van der Waals surface area contributed by atoms with E-state index in [-0.39, 0.29) is 30.9 Å². The summed E-state index contributed by atoms with van der Waals surface area (Å²) in [6.45, 7) is 2.08. The van der Waals surface area contributed by atoms with E-state index in [9.17, 15) is 19.8 Å². The van der Waals surface area contributed by atoms with Crippen LogP contribution in [-0.2, 0) is 0 Å². The number of aliphatic hydroxyl groups is 1. The zero-order chi connectivity index (χ0) is 26.4. The van der Waals surface area contributed by atoms with Gasteiger partial charge in [-0.05, 0) is 40.7 Å². The molecular formula is C30H29N3O4S. The standard InChI is InChI=1S/C30H29N3O4S/c1-19-8-7-11-21-17-38-25-13-6-5-12-22(25)27(26(19)21)33-18-31(23(16-34)20-9-3-2-4-10-20)30(37)28-29(36)24(35)14-15-32(28)33/h2-7,9-15,19,23,27,34,36H,8,16-18H2,1H3/t19?,23-,27?/m0/s1. The zero-order valence-corrected chi connectivity index (χ0v) is 21.8. The van der Waals surface area contributed by atoms with Gasteiger partial charge in [0, 0.05) is 22.9 Å². The Hall–Kier alpha value is -3.75. The Morgan fingerprint density at radius 1 is 1.05 bits per heavy atom. The van der Waals surface area contributed by atoms with E-state index in [0.29, 0.717) is 0 Å². The first kappa shape index (κ1) is 24.6. The van der Waals surface area contributed by atoms with Crippen molar-refractivity contribution in [2.45, 2.75) is 30.3 Å². The number of aromatic hydroxyl groups is 1. The summed E-state index contributed by atoms with van der Waals surface area (Å²) < 4.78 is 1.64. The molecule has 7 nitrogen and oxygen atoms in total. The van der Waals surface area contributed by atoms with E-state index in [0.717, 1.165) is 28.2 Å². The molecule has 0 saturated carbocycles. The van der Waals surface area contributed by atoms with Crippen LogP contribution in [0.5, 0.6) is 5.75 Å². The maximum absolute atomic E-state index is 13.9. The van der Waals surface area contributed by atoms with Crippen LogP contribution < -0.4 is 10.4 Å². The lowest BCUT2D eigenvalue weighted by atomic mass is 9.81. The molecule has 2 N–H and O–H groups in total. The first-order chi connectivity index (χ1) is 18.5. The maximum atomic E-state index is 13.9. The lowest BCUT2D eigenvalue weighted by Gasteiger charge is -2.47. The van der Waals surface area contributed by atoms with Gasteiger partial charge in [-0.2, -0.15) is 0 Å². The number of amides is 1. The molecule has 0 spiro atoms. The van der Waals surface area contributed by atoms with Crippen molar-refractivity contribution in [1.29, 1.82) is 0 Å². The zero-order valence-electron chi connectivity index (χ0n) is 21.0. The normalized spacial score (nSPS) is 21.5. The Morgan fingerprint density at radius 2 is 1.82 bits per heavy atom. The molecule has 2 aromatic carbocycles. The smallest absolute Gasteiger partial charge is 0.278 e. The van der Waals surface area contributed by atoms with Crippen LogP contribution in [0.3, 0.4) is 0 Å². The second-order valence-electron chi connectivity index (χ2n) is 9.94. The van der Waals surface area contributed by atoms with Gasteiger partial charge in [0.1, 0.15) is 6.67 Å². The summed E-state index contributed by atoms with van der Waals surface area (Å²) in [6, 6.07) is 18.1. The van der Waals surface area contributed by atoms with Crippen molar-refractivity contribution in [2.24, 2.45) is 5.92 Å². The first-order valence-electron chi connectivity index (χ1n) is 12.8. The number of carbonyl (C=O) groups is 1. The van der Waals surface area contributed by atoms with E-state index >= 15 is 0 Å². The molecule has 2 aliphatic heterocycles. The van der Waals surface area contributed by atoms with Crippen LogP contribution in [0, 0.1) is 5.92 Å². The lowest BCUT2D eigenvalue weighted by Crippen LogP contribution is -2.57. The summed E-state index contributed by atoms with van der Waals surface area (Å²) in [4.78, 5) is 29.2. The van der Waals surface area contributed by atoms with Crippen molar-refractivity contribution < 1.29 is 15.0 Å². The number of thioether (sulfide) groups is 1. The number of benzene rings is 2. The van der Waals surface area contributed by atoms with Crippen molar-refractivity contribution >= 4 is 17.7 Å². The minimum absolute atomic E-state index is 0.0892. The minimum atomic E-state index is -0.651. The predicted molar refractivity (Wildman–Crippen MR) is 148 cm³/mol. The highest BCUT2D eigenvalue weighted by molar-refractivity contribution is 7.99. The summed E-state index contributed by atoms with van der Waals surface area (Å²) in [5.74, 6) is 0.0172. The molecule has 0 fully saturated rings. The van der Waals surface area contributed by atoms with Crippen molar-refractivity contribution in [3.05, 3.63) is 117 Å². The van der Waals surface area contributed by atoms with Gasteiger partial charge in [0.2, 0.25) is 5.43 Å². The molecule has 1 aromatic heterocycles. The number of fused-ring (bicyclic) bond motifs is 2. The van der Waals surface area contributed by atoms with Crippen molar-refractivity contribution in [3.63, 3.8) is 0 Å². The molecule has 1 amide bonds. The van der Waals surface area contributed by atoms with Crippen LogP contribution in [0.15, 0.2) is 99.8 Å². The third kappa shape index (κ3) is 3.95. The molecule has 38 heavy (non-hydrogen) atoms. The SMILES string of the molecule is CC1CC=CC2=C1C(N1CN([C@@H](CO)c3ccccc3)C(=O)c3c(O)c(=O)ccn31)c1ccccc1SC2. The van der Waals surface area contributed by atoms with Gasteiger partial charge in [0.05, 0.1) is 18.7 Å². The number of aromatic nitrogens is 1. The van der Waals surface area contributed by atoms with Gasteiger partial charge >= 0.3 is 0 Å². The quantitative estimate of drug-likeness (QED) is 0.524. The summed E-state index contributed by atoms with van der Waals surface area (Å²) in [6.07, 6.45) is 6.91. The number of hydrogen-bond acceptors (Lipinski definition) is 6. The summed E-state index contributed by atoms with van der Waals surface area (Å²) in [5.41, 5.74) is 3.71. The molecule has 194 valence electrons. The fourth-order valence-electron chi connectivity index (χ4n) is 5.87. The highest BCUT2D eigenvalue weighted by Gasteiger charge is 2.42. The maximum Gasteiger partial charge on any atom is 0.278 e. The molecular weight excluding hydrogens is 498 g/mol. The first-order valence-corrected chi connectivity index (χ1v) is 13.8. The van der Waals surface area contributed by atoms with Gasteiger partial charge in [-0.1, -0.05) is 67.6 Å². The Balaban J connectivity index is 1.59. The topological polar surface area (TPSA) is 86.0 Å². The van der Waals surface area contributed by atoms with Gasteiger partial charge in [0.25, 0.3) is 5.91 Å². The third-order valence-electron chi connectivity index (χ3n) is 7.72. The van der Waals surface area contributed by atoms with Crippen LogP contribution in [-0.4, -0.2) is 44.7 Å². The second-order valence-corrected chi connectivity index (χ2v) is 11.0. The molecule has 0 saturated heterocycles. The van der Waals surface area contributed by atoms with Crippen LogP contribution >= 0.6 is 11.8 Å². The Labute approximate surface area is 225 Å². The third-order valence-corrected chi connectivity index (χ3v) is 8.86. The van der Waals surface area contributed by atoms with Gasteiger partial charge in [-0.15, -0.1) is 11.8 Å². The molecule has 6 rings (SSSR count). The van der Waals surface area contributed by atoms with Crippen LogP contribution in [0.25, 0.3) is 0 Å². The fraction of sp³-hybridized carbons (Fsp3) is 0.267. The molecule has 0 radical (unpaired) electrons. The largest absolute Gasteiger partial charge is 0.502 e. The molecule has 2 unspecified atom stereocenters. The summed E-state index contributed by atoms with van der Waals surface area (Å²) >= 11 is 1.80. The number of allylic oxidation sites excluding steroid dienone is 2. The van der Waals surface area contributed by atoms with E-state index in [1.807, 2.05) is 42.5 Å². The fourth-order valence-corrected chi connectivity index (χ4v) is 6.97. The molecule has 0 bridgehead atoms. The number of aliphatic hydroxyl groups excluding tert-OH is 1. The van der Waals surface area contributed by atoms with E-state index in [2.05, 4.69) is 36.2 Å². The van der Waals surface area contributed by atoms with Gasteiger partial charge < -0.3 is 15.1 Å². The van der Waals surface area contributed by atoms with Crippen molar-refractivity contribution in [2.75, 3.05) is 24.0 Å². The highest BCUT2D eigenvalue weighted by atomic mass is 32.2. The lowest BCUT2D eigenvalue weighted by molar-refractivity contribution is 0.0492. The average Bonchev–Trinajstić information content (AvgIpc) is 3.11. The molecule has 3 aromatic rings. The number of hydrogen-bond donors (Lipinski definition) is 2. The van der Waals surface area contributed by atoms with Crippen molar-refractivity contribution in [3.8, 4) is 5.75 Å². The average molecular weight is 528 g/mol. The molecule has 1 aliphatic carbocycles. The Kier molecular flexibility index (Phi) is 6.37. The Bertz CT molecular complexity index is 1510. The van der Waals surface area contributed by atoms with E-state index in [1.54, 1.807) is 27.5 Å². The molecule has 3 heterocycles. The van der Waals surface area contributed by atoms with Gasteiger partial charge in [0.15, 0.2) is 11.4 Å². The highest BCUT2D eigenvalue weighted by Crippen LogP contribution is 2.47. The summed E-state index contributed by atoms with van der Waals surface area (Å²) in [5, 5.41) is 23.4. The van der Waals surface area contributed by atoms with Gasteiger partial charge in [-0.25, -0.2) is 0 Å². The molecule has 3 aliphatic rings. The van der Waals surface area contributed by atoms with E-state index < -0.39 is 23.1 Å². The van der Waals surface area contributed by atoms with Crippen LogP contribution in [0.1, 0.15) is 47.0 Å². The van der Waals surface area contributed by atoms with Gasteiger partial charge in [-0.3, -0.25) is 19.3 Å². The summed E-state index contributed by atoms with van der Waals surface area (Å²) in [7, 11) is 0. The van der Waals surface area contributed by atoms with Crippen LogP contribution in [0.2, 0.25) is 0 Å². The second kappa shape index (κ2) is 9.85. The van der Waals surface area contributed by atoms with Crippen molar-refractivity contribution in [1.82, 2.24) is 9.58 Å². The number of pyridine rings is 1. The molecule has 8 heteroatoms.